The SMILES string of the molecule is CCC[C@@H](O)[C@H](CC)[C@H](O)c1ccc(C)cc1. The predicted molar refractivity (Wildman–Crippen MR) is 70.8 cm³/mol. The lowest BCUT2D eigenvalue weighted by atomic mass is 9.86. The molecule has 2 nitrogen and oxygen atoms in total. The number of rotatable bonds is 6. The monoisotopic (exact) mass is 236 g/mol. The Morgan fingerprint density at radius 3 is 2.12 bits per heavy atom. The van der Waals surface area contributed by atoms with Crippen LogP contribution in [0.5, 0.6) is 0 Å². The summed E-state index contributed by atoms with van der Waals surface area (Å²) in [6, 6.07) is 7.89. The van der Waals surface area contributed by atoms with E-state index in [1.165, 1.54) is 5.56 Å². The van der Waals surface area contributed by atoms with Crippen LogP contribution in [-0.4, -0.2) is 16.3 Å². The molecule has 17 heavy (non-hydrogen) atoms. The maximum Gasteiger partial charge on any atom is 0.0842 e. The average Bonchev–Trinajstić information content (AvgIpc) is 2.31. The van der Waals surface area contributed by atoms with Crippen molar-refractivity contribution in [2.24, 2.45) is 5.92 Å². The number of hydrogen-bond acceptors (Lipinski definition) is 2. The van der Waals surface area contributed by atoms with Crippen LogP contribution in [0.2, 0.25) is 0 Å². The summed E-state index contributed by atoms with van der Waals surface area (Å²) in [7, 11) is 0. The highest BCUT2D eigenvalue weighted by Gasteiger charge is 2.25. The van der Waals surface area contributed by atoms with Crippen LogP contribution in [0.15, 0.2) is 24.3 Å². The van der Waals surface area contributed by atoms with E-state index in [1.807, 2.05) is 45.0 Å². The van der Waals surface area contributed by atoms with Crippen molar-refractivity contribution in [3.05, 3.63) is 35.4 Å². The molecule has 0 spiro atoms. The molecule has 0 fully saturated rings. The van der Waals surface area contributed by atoms with Crippen molar-refractivity contribution in [2.75, 3.05) is 0 Å². The summed E-state index contributed by atoms with van der Waals surface area (Å²) in [5.74, 6) is -0.0716. The van der Waals surface area contributed by atoms with Crippen molar-refractivity contribution in [3.8, 4) is 0 Å². The number of aliphatic hydroxyl groups is 2. The molecule has 3 atom stereocenters. The highest BCUT2D eigenvalue weighted by atomic mass is 16.3. The topological polar surface area (TPSA) is 40.5 Å². The lowest BCUT2D eigenvalue weighted by Crippen LogP contribution is -2.26. The molecule has 1 aromatic carbocycles. The minimum atomic E-state index is -0.567. The van der Waals surface area contributed by atoms with Gasteiger partial charge in [0, 0.05) is 5.92 Å². The first-order chi connectivity index (χ1) is 8.10. The molecule has 1 rings (SSSR count). The minimum absolute atomic E-state index is 0.0716. The van der Waals surface area contributed by atoms with Gasteiger partial charge in [-0.15, -0.1) is 0 Å². The lowest BCUT2D eigenvalue weighted by molar-refractivity contribution is 0.00483. The maximum atomic E-state index is 10.3. The van der Waals surface area contributed by atoms with E-state index in [9.17, 15) is 10.2 Å². The Morgan fingerprint density at radius 2 is 1.65 bits per heavy atom. The zero-order valence-electron chi connectivity index (χ0n) is 11.1. The highest BCUT2D eigenvalue weighted by molar-refractivity contribution is 5.23. The van der Waals surface area contributed by atoms with Crippen molar-refractivity contribution in [3.63, 3.8) is 0 Å². The first kappa shape index (κ1) is 14.2. The van der Waals surface area contributed by atoms with Crippen LogP contribution >= 0.6 is 0 Å². The summed E-state index contributed by atoms with van der Waals surface area (Å²) in [6.07, 6.45) is 1.50. The molecule has 0 aliphatic carbocycles. The highest BCUT2D eigenvalue weighted by Crippen LogP contribution is 2.29. The van der Waals surface area contributed by atoms with Gasteiger partial charge in [-0.1, -0.05) is 50.1 Å². The van der Waals surface area contributed by atoms with E-state index >= 15 is 0 Å². The molecule has 2 N–H and O–H groups in total. The van der Waals surface area contributed by atoms with Gasteiger partial charge in [0.1, 0.15) is 0 Å². The Bertz CT molecular complexity index is 318. The van der Waals surface area contributed by atoms with E-state index in [2.05, 4.69) is 0 Å². The molecular formula is C15H24O2. The van der Waals surface area contributed by atoms with Gasteiger partial charge in [0.2, 0.25) is 0 Å². The zero-order valence-corrected chi connectivity index (χ0v) is 11.1. The number of benzene rings is 1. The van der Waals surface area contributed by atoms with Crippen LogP contribution in [0.1, 0.15) is 50.3 Å². The molecule has 0 unspecified atom stereocenters. The number of hydrogen-bond donors (Lipinski definition) is 2. The van der Waals surface area contributed by atoms with Gasteiger partial charge in [0.05, 0.1) is 12.2 Å². The molecule has 1 aromatic rings. The second-order valence-corrected chi connectivity index (χ2v) is 4.78. The van der Waals surface area contributed by atoms with Crippen molar-refractivity contribution in [2.45, 2.75) is 52.2 Å². The third-order valence-electron chi connectivity index (χ3n) is 3.37. The molecule has 0 saturated carbocycles. The van der Waals surface area contributed by atoms with Crippen LogP contribution in [0, 0.1) is 12.8 Å². The van der Waals surface area contributed by atoms with E-state index in [4.69, 9.17) is 0 Å². The van der Waals surface area contributed by atoms with Crippen LogP contribution in [0.3, 0.4) is 0 Å². The first-order valence-corrected chi connectivity index (χ1v) is 6.52. The predicted octanol–water partition coefficient (Wildman–Crippen LogP) is 3.22. The first-order valence-electron chi connectivity index (χ1n) is 6.52. The molecule has 0 amide bonds. The van der Waals surface area contributed by atoms with Crippen molar-refractivity contribution in [1.82, 2.24) is 0 Å². The van der Waals surface area contributed by atoms with Crippen LogP contribution in [-0.2, 0) is 0 Å². The molecule has 0 bridgehead atoms. The van der Waals surface area contributed by atoms with Crippen molar-refractivity contribution >= 4 is 0 Å². The number of aliphatic hydroxyl groups excluding tert-OH is 2. The number of aryl methyl sites for hydroxylation is 1. The Balaban J connectivity index is 2.78. The van der Waals surface area contributed by atoms with E-state index in [0.29, 0.717) is 0 Å². The summed E-state index contributed by atoms with van der Waals surface area (Å²) in [5.41, 5.74) is 2.08. The van der Waals surface area contributed by atoms with Crippen molar-refractivity contribution < 1.29 is 10.2 Å². The van der Waals surface area contributed by atoms with Gasteiger partial charge >= 0.3 is 0 Å². The van der Waals surface area contributed by atoms with Gasteiger partial charge in [-0.3, -0.25) is 0 Å². The van der Waals surface area contributed by atoms with E-state index in [-0.39, 0.29) is 5.92 Å². The van der Waals surface area contributed by atoms with Crippen LogP contribution < -0.4 is 0 Å². The Hall–Kier alpha value is -0.860. The van der Waals surface area contributed by atoms with E-state index in [1.54, 1.807) is 0 Å². The Labute approximate surface area is 104 Å². The quantitative estimate of drug-likeness (QED) is 0.796. The van der Waals surface area contributed by atoms with E-state index in [0.717, 1.165) is 24.8 Å². The third-order valence-corrected chi connectivity index (χ3v) is 3.37. The fourth-order valence-corrected chi connectivity index (χ4v) is 2.23. The molecular weight excluding hydrogens is 212 g/mol. The molecule has 0 aliphatic rings. The van der Waals surface area contributed by atoms with Gasteiger partial charge in [0.25, 0.3) is 0 Å². The summed E-state index contributed by atoms with van der Waals surface area (Å²) in [6.45, 7) is 6.09. The van der Waals surface area contributed by atoms with Gasteiger partial charge in [0.15, 0.2) is 0 Å². The van der Waals surface area contributed by atoms with Crippen LogP contribution in [0.4, 0.5) is 0 Å². The van der Waals surface area contributed by atoms with Gasteiger partial charge in [-0.2, -0.15) is 0 Å². The fraction of sp³-hybridized carbons (Fsp3) is 0.600. The van der Waals surface area contributed by atoms with Crippen LogP contribution in [0.25, 0.3) is 0 Å². The summed E-state index contributed by atoms with van der Waals surface area (Å²) < 4.78 is 0. The minimum Gasteiger partial charge on any atom is -0.393 e. The third kappa shape index (κ3) is 3.83. The zero-order chi connectivity index (χ0) is 12.8. The van der Waals surface area contributed by atoms with Gasteiger partial charge < -0.3 is 10.2 Å². The second kappa shape index (κ2) is 6.77. The molecule has 2 heteroatoms. The summed E-state index contributed by atoms with van der Waals surface area (Å²) in [5, 5.41) is 20.3. The summed E-state index contributed by atoms with van der Waals surface area (Å²) in [4.78, 5) is 0. The van der Waals surface area contributed by atoms with E-state index < -0.39 is 12.2 Å². The average molecular weight is 236 g/mol. The largest absolute Gasteiger partial charge is 0.393 e. The Kier molecular flexibility index (Phi) is 5.66. The van der Waals surface area contributed by atoms with Gasteiger partial charge in [-0.05, 0) is 25.3 Å². The standard InChI is InChI=1S/C15H24O2/c1-4-6-14(16)13(5-2)15(17)12-9-7-11(3)8-10-12/h7-10,13-17H,4-6H2,1-3H3/t13-,14+,15+/m0/s1. The normalized spacial score (nSPS) is 16.5. The smallest absolute Gasteiger partial charge is 0.0842 e. The molecule has 0 saturated heterocycles. The summed E-state index contributed by atoms with van der Waals surface area (Å²) >= 11 is 0. The van der Waals surface area contributed by atoms with Crippen molar-refractivity contribution in [1.29, 1.82) is 0 Å². The molecule has 0 aromatic heterocycles. The lowest BCUT2D eigenvalue weighted by Gasteiger charge is -2.26. The Morgan fingerprint density at radius 1 is 1.06 bits per heavy atom. The fourth-order valence-electron chi connectivity index (χ4n) is 2.23. The second-order valence-electron chi connectivity index (χ2n) is 4.78. The molecule has 96 valence electrons. The molecule has 0 heterocycles. The molecule has 0 aliphatic heterocycles. The maximum absolute atomic E-state index is 10.3. The molecule has 0 radical (unpaired) electrons. The van der Waals surface area contributed by atoms with Gasteiger partial charge in [-0.25, -0.2) is 0 Å².